The van der Waals surface area contributed by atoms with Gasteiger partial charge in [-0.15, -0.1) is 0 Å². The largest absolute Gasteiger partial charge is 0.480 e. The molecule has 11 nitrogen and oxygen atoms in total. The fraction of sp³-hybridized carbons (Fsp3) is 0.455. The molecule has 1 heterocycles. The second-order valence-corrected chi connectivity index (χ2v) is 8.78. The number of fused-ring (bicyclic) bond motifs is 1. The number of thioether (sulfide) groups is 1. The minimum atomic E-state index is -1.53. The third-order valence-corrected chi connectivity index (χ3v) is 5.87. The summed E-state index contributed by atoms with van der Waals surface area (Å²) in [5, 5.41) is 27.3. The van der Waals surface area contributed by atoms with Gasteiger partial charge in [0.05, 0.1) is 12.6 Å². The summed E-state index contributed by atoms with van der Waals surface area (Å²) in [6.07, 6.45) is 2.60. The molecule has 2 rings (SSSR count). The average Bonchev–Trinajstić information content (AvgIpc) is 3.21. The van der Waals surface area contributed by atoms with E-state index in [0.717, 1.165) is 16.5 Å². The maximum Gasteiger partial charge on any atom is 0.328 e. The summed E-state index contributed by atoms with van der Waals surface area (Å²) in [6.45, 7) is 0.927. The van der Waals surface area contributed by atoms with Gasteiger partial charge in [0.1, 0.15) is 12.1 Å². The van der Waals surface area contributed by atoms with Crippen LogP contribution in [-0.4, -0.2) is 81.7 Å². The van der Waals surface area contributed by atoms with Crippen LogP contribution in [-0.2, 0) is 25.6 Å². The van der Waals surface area contributed by atoms with Crippen molar-refractivity contribution in [1.82, 2.24) is 20.9 Å². The van der Waals surface area contributed by atoms with Crippen molar-refractivity contribution in [2.24, 2.45) is 5.73 Å². The van der Waals surface area contributed by atoms with E-state index in [1.54, 1.807) is 6.20 Å². The van der Waals surface area contributed by atoms with E-state index in [1.807, 2.05) is 30.5 Å². The molecule has 0 aliphatic heterocycles. The van der Waals surface area contributed by atoms with Crippen molar-refractivity contribution in [1.29, 1.82) is 0 Å². The maximum atomic E-state index is 13.2. The summed E-state index contributed by atoms with van der Waals surface area (Å²) in [5.41, 5.74) is 7.08. The molecule has 0 fully saturated rings. The van der Waals surface area contributed by atoms with Crippen LogP contribution in [0, 0.1) is 0 Å². The van der Waals surface area contributed by atoms with Gasteiger partial charge in [0.15, 0.2) is 6.04 Å². The highest BCUT2D eigenvalue weighted by atomic mass is 32.2. The predicted molar refractivity (Wildman–Crippen MR) is 129 cm³/mol. The van der Waals surface area contributed by atoms with Gasteiger partial charge >= 0.3 is 5.97 Å². The van der Waals surface area contributed by atoms with Crippen LogP contribution < -0.4 is 21.7 Å². The molecule has 8 N–H and O–H groups in total. The van der Waals surface area contributed by atoms with Crippen molar-refractivity contribution in [3.63, 3.8) is 0 Å². The fourth-order valence-electron chi connectivity index (χ4n) is 3.40. The monoisotopic (exact) mass is 493 g/mol. The van der Waals surface area contributed by atoms with Gasteiger partial charge in [-0.3, -0.25) is 14.4 Å². The van der Waals surface area contributed by atoms with Gasteiger partial charge in [-0.05, 0) is 37.0 Å². The third-order valence-electron chi connectivity index (χ3n) is 5.23. The van der Waals surface area contributed by atoms with Crippen LogP contribution in [0.1, 0.15) is 18.9 Å². The molecular formula is C22H31N5O6S. The molecule has 186 valence electrons. The Balaban J connectivity index is 2.23. The Labute approximate surface area is 201 Å². The van der Waals surface area contributed by atoms with Crippen LogP contribution in [0.2, 0.25) is 0 Å². The number of aliphatic hydroxyl groups excluding tert-OH is 1. The van der Waals surface area contributed by atoms with E-state index in [2.05, 4.69) is 20.9 Å². The van der Waals surface area contributed by atoms with Gasteiger partial charge in [0, 0.05) is 23.5 Å². The lowest BCUT2D eigenvalue weighted by Gasteiger charge is -2.25. The number of H-pyrrole nitrogens is 1. The maximum absolute atomic E-state index is 13.2. The van der Waals surface area contributed by atoms with Crippen molar-refractivity contribution in [2.45, 2.75) is 44.0 Å². The number of aromatic nitrogens is 1. The summed E-state index contributed by atoms with van der Waals surface area (Å²) in [5.74, 6) is -2.78. The van der Waals surface area contributed by atoms with E-state index < -0.39 is 47.9 Å². The Morgan fingerprint density at radius 3 is 2.38 bits per heavy atom. The van der Waals surface area contributed by atoms with Crippen LogP contribution in [0.25, 0.3) is 10.9 Å². The van der Waals surface area contributed by atoms with Crippen molar-refractivity contribution in [2.75, 3.05) is 18.6 Å². The molecule has 0 bridgehead atoms. The Morgan fingerprint density at radius 2 is 1.76 bits per heavy atom. The molecule has 3 amide bonds. The van der Waals surface area contributed by atoms with E-state index in [-0.39, 0.29) is 19.4 Å². The number of rotatable bonds is 13. The summed E-state index contributed by atoms with van der Waals surface area (Å²) in [7, 11) is 0. The van der Waals surface area contributed by atoms with E-state index in [4.69, 9.17) is 5.73 Å². The second-order valence-electron chi connectivity index (χ2n) is 7.80. The summed E-state index contributed by atoms with van der Waals surface area (Å²) in [4.78, 5) is 52.4. The molecule has 4 atom stereocenters. The Hall–Kier alpha value is -3.09. The zero-order valence-electron chi connectivity index (χ0n) is 19.0. The minimum absolute atomic E-state index is 0.143. The lowest BCUT2D eigenvalue weighted by molar-refractivity contribution is -0.145. The Morgan fingerprint density at radius 1 is 1.09 bits per heavy atom. The molecule has 0 aliphatic carbocycles. The molecule has 1 aromatic carbocycles. The van der Waals surface area contributed by atoms with E-state index in [1.165, 1.54) is 18.7 Å². The van der Waals surface area contributed by atoms with Crippen LogP contribution in [0.15, 0.2) is 30.5 Å². The SMILES string of the molecule is CSCCC(NC(=O)C(Cc1c[nH]c2ccccc12)NC(=O)CN)C(=O)NC(C(=O)O)C(C)O. The van der Waals surface area contributed by atoms with Crippen LogP contribution in [0.4, 0.5) is 0 Å². The molecule has 0 saturated carbocycles. The van der Waals surface area contributed by atoms with Crippen molar-refractivity contribution in [3.05, 3.63) is 36.0 Å². The molecule has 34 heavy (non-hydrogen) atoms. The number of benzene rings is 1. The standard InChI is InChI=1S/C22H31N5O6S/c1-12(28)19(22(32)33)27-20(30)16(7-8-34-2)26-21(31)17(25-18(29)10-23)9-13-11-24-15-6-4-3-5-14(13)15/h3-6,11-12,16-17,19,24,28H,7-10,23H2,1-2H3,(H,25,29)(H,26,31)(H,27,30)(H,32,33). The number of nitrogens with one attached hydrogen (secondary N) is 4. The minimum Gasteiger partial charge on any atom is -0.480 e. The zero-order valence-corrected chi connectivity index (χ0v) is 19.9. The van der Waals surface area contributed by atoms with Crippen molar-refractivity contribution < 1.29 is 29.4 Å². The molecule has 0 radical (unpaired) electrons. The molecule has 0 spiro atoms. The topological polar surface area (TPSA) is 187 Å². The smallest absolute Gasteiger partial charge is 0.328 e. The summed E-state index contributed by atoms with van der Waals surface area (Å²) in [6, 6.07) is 3.88. The van der Waals surface area contributed by atoms with E-state index in [9.17, 15) is 29.4 Å². The van der Waals surface area contributed by atoms with Gasteiger partial charge in [0.2, 0.25) is 17.7 Å². The molecule has 4 unspecified atom stereocenters. The lowest BCUT2D eigenvalue weighted by atomic mass is 10.0. The molecule has 12 heteroatoms. The Bertz CT molecular complexity index is 1010. The highest BCUT2D eigenvalue weighted by Gasteiger charge is 2.31. The number of hydrogen-bond donors (Lipinski definition) is 7. The first-order valence-electron chi connectivity index (χ1n) is 10.7. The summed E-state index contributed by atoms with van der Waals surface area (Å²) < 4.78 is 0. The molecule has 0 aliphatic rings. The first-order chi connectivity index (χ1) is 16.2. The molecular weight excluding hydrogens is 462 g/mol. The number of para-hydroxylation sites is 1. The van der Waals surface area contributed by atoms with Crippen molar-refractivity contribution in [3.8, 4) is 0 Å². The van der Waals surface area contributed by atoms with Crippen LogP contribution in [0.3, 0.4) is 0 Å². The molecule has 0 saturated heterocycles. The zero-order chi connectivity index (χ0) is 25.3. The number of carboxylic acid groups (broad SMARTS) is 1. The highest BCUT2D eigenvalue weighted by Crippen LogP contribution is 2.19. The number of aliphatic hydroxyl groups is 1. The molecule has 1 aromatic heterocycles. The number of carboxylic acids is 1. The van der Waals surface area contributed by atoms with Gasteiger partial charge in [-0.25, -0.2) is 4.79 Å². The summed E-state index contributed by atoms with van der Waals surface area (Å²) >= 11 is 1.45. The van der Waals surface area contributed by atoms with Crippen molar-refractivity contribution >= 4 is 46.4 Å². The number of aromatic amines is 1. The van der Waals surface area contributed by atoms with Gasteiger partial charge in [0.25, 0.3) is 0 Å². The normalized spacial score (nSPS) is 14.6. The number of hydrogen-bond acceptors (Lipinski definition) is 7. The third kappa shape index (κ3) is 7.47. The van der Waals surface area contributed by atoms with Gasteiger partial charge in [-0.2, -0.15) is 11.8 Å². The average molecular weight is 494 g/mol. The number of amides is 3. The van der Waals surface area contributed by atoms with Gasteiger partial charge in [-0.1, -0.05) is 18.2 Å². The van der Waals surface area contributed by atoms with Crippen LogP contribution in [0.5, 0.6) is 0 Å². The number of carbonyl (C=O) groups is 4. The number of carbonyl (C=O) groups excluding carboxylic acids is 3. The quantitative estimate of drug-likeness (QED) is 0.192. The fourth-order valence-corrected chi connectivity index (χ4v) is 3.87. The first kappa shape index (κ1) is 27.2. The molecule has 2 aromatic rings. The first-order valence-corrected chi connectivity index (χ1v) is 12.1. The second kappa shape index (κ2) is 13.0. The predicted octanol–water partition coefficient (Wildman–Crippen LogP) is -0.658. The lowest BCUT2D eigenvalue weighted by Crippen LogP contribution is -2.58. The van der Waals surface area contributed by atoms with E-state index >= 15 is 0 Å². The van der Waals surface area contributed by atoms with E-state index in [0.29, 0.717) is 5.75 Å². The van der Waals surface area contributed by atoms with Crippen LogP contribution >= 0.6 is 11.8 Å². The van der Waals surface area contributed by atoms with Gasteiger partial charge < -0.3 is 36.9 Å². The highest BCUT2D eigenvalue weighted by molar-refractivity contribution is 7.98. The Kier molecular flexibility index (Phi) is 10.4. The number of aliphatic carboxylic acids is 1. The number of nitrogens with two attached hydrogens (primary N) is 1.